The minimum Gasteiger partial charge on any atom is -0.462 e. The highest BCUT2D eigenvalue weighted by atomic mass is 32.2. The van der Waals surface area contributed by atoms with Crippen LogP contribution in [0.1, 0.15) is 33.6 Å². The fraction of sp³-hybridized carbons (Fsp3) is 0.200. The number of nitrogens with zero attached hydrogens (tertiary/aromatic N) is 4. The molecule has 228 valence electrons. The minimum atomic E-state index is -0.927. The number of thioether (sulfide) groups is 1. The van der Waals surface area contributed by atoms with E-state index >= 15 is 0 Å². The lowest BCUT2D eigenvalue weighted by molar-refractivity contribution is -0.384. The van der Waals surface area contributed by atoms with Crippen molar-refractivity contribution in [3.8, 4) is 0 Å². The summed E-state index contributed by atoms with van der Waals surface area (Å²) in [5.74, 6) is -3.60. The summed E-state index contributed by atoms with van der Waals surface area (Å²) >= 11 is 1.95. The SMILES string of the molecule is CCOC(=O)c1ccc(NC(=O)Cn2c3c(sc2=O)[C@@H](c2cccnc2)[C@@H]2C(=O)N(c4ccc([N+](=O)[O-])cc4)C(=O)[C@@H]2S3)cc1. The van der Waals surface area contributed by atoms with Crippen molar-refractivity contribution in [1.82, 2.24) is 9.55 Å². The topological polar surface area (TPSA) is 171 Å². The van der Waals surface area contributed by atoms with Crippen LogP contribution >= 0.6 is 23.1 Å². The van der Waals surface area contributed by atoms with Gasteiger partial charge in [-0.2, -0.15) is 0 Å². The summed E-state index contributed by atoms with van der Waals surface area (Å²) in [4.78, 5) is 81.9. The van der Waals surface area contributed by atoms with E-state index in [0.717, 1.165) is 28.0 Å². The van der Waals surface area contributed by atoms with E-state index in [1.54, 1.807) is 43.6 Å². The molecule has 0 saturated carbocycles. The third kappa shape index (κ3) is 5.51. The number of aromatic nitrogens is 2. The van der Waals surface area contributed by atoms with Crippen molar-refractivity contribution in [3.63, 3.8) is 0 Å². The van der Waals surface area contributed by atoms with Crippen molar-refractivity contribution in [2.75, 3.05) is 16.8 Å². The predicted molar refractivity (Wildman–Crippen MR) is 164 cm³/mol. The number of carbonyl (C=O) groups excluding carboxylic acids is 4. The molecular weight excluding hydrogens is 622 g/mol. The summed E-state index contributed by atoms with van der Waals surface area (Å²) in [7, 11) is 0. The van der Waals surface area contributed by atoms with Crippen LogP contribution in [0.2, 0.25) is 0 Å². The van der Waals surface area contributed by atoms with Gasteiger partial charge in [-0.05, 0) is 55.0 Å². The second-order valence-corrected chi connectivity index (χ2v) is 12.2. The zero-order chi connectivity index (χ0) is 31.8. The molecule has 2 aromatic heterocycles. The molecule has 2 aromatic carbocycles. The molecule has 0 unspecified atom stereocenters. The number of nitro benzene ring substituents is 1. The van der Waals surface area contributed by atoms with Crippen LogP contribution in [-0.2, 0) is 25.7 Å². The van der Waals surface area contributed by atoms with Crippen molar-refractivity contribution in [1.29, 1.82) is 0 Å². The zero-order valence-corrected chi connectivity index (χ0v) is 25.1. The van der Waals surface area contributed by atoms with Gasteiger partial charge < -0.3 is 10.1 Å². The van der Waals surface area contributed by atoms with Crippen molar-refractivity contribution in [3.05, 3.63) is 109 Å². The second kappa shape index (κ2) is 12.1. The third-order valence-electron chi connectivity index (χ3n) is 7.39. The predicted octanol–water partition coefficient (Wildman–Crippen LogP) is 3.82. The molecule has 0 radical (unpaired) electrons. The summed E-state index contributed by atoms with van der Waals surface area (Å²) in [6.07, 6.45) is 3.15. The average Bonchev–Trinajstić information content (AvgIpc) is 3.48. The first kappa shape index (κ1) is 29.9. The smallest absolute Gasteiger partial charge is 0.338 e. The first-order chi connectivity index (χ1) is 21.7. The van der Waals surface area contributed by atoms with E-state index < -0.39 is 50.6 Å². The molecule has 1 fully saturated rings. The molecular formula is C30H23N5O8S2. The number of hydrogen-bond donors (Lipinski definition) is 1. The van der Waals surface area contributed by atoms with Gasteiger partial charge in [0, 0.05) is 41.0 Å². The highest BCUT2D eigenvalue weighted by Gasteiger charge is 2.57. The van der Waals surface area contributed by atoms with Gasteiger partial charge in [-0.15, -0.1) is 0 Å². The summed E-state index contributed by atoms with van der Waals surface area (Å²) in [6, 6.07) is 14.7. The molecule has 1 N–H and O–H groups in total. The number of nitro groups is 1. The molecule has 4 heterocycles. The summed E-state index contributed by atoms with van der Waals surface area (Å²) in [6.45, 7) is 1.57. The maximum absolute atomic E-state index is 13.9. The van der Waals surface area contributed by atoms with Crippen LogP contribution in [0.4, 0.5) is 17.1 Å². The van der Waals surface area contributed by atoms with Crippen LogP contribution in [0.15, 0.2) is 82.9 Å². The van der Waals surface area contributed by atoms with E-state index in [1.165, 1.54) is 41.0 Å². The lowest BCUT2D eigenvalue weighted by atomic mass is 9.84. The van der Waals surface area contributed by atoms with Crippen molar-refractivity contribution >= 4 is 63.9 Å². The molecule has 45 heavy (non-hydrogen) atoms. The molecule has 2 aliphatic rings. The number of hydrogen-bond acceptors (Lipinski definition) is 11. The van der Waals surface area contributed by atoms with E-state index in [1.807, 2.05) is 0 Å². The number of fused-ring (bicyclic) bond motifs is 2. The number of imide groups is 1. The number of nitrogens with one attached hydrogen (secondary N) is 1. The van der Waals surface area contributed by atoms with Crippen LogP contribution in [0, 0.1) is 16.0 Å². The van der Waals surface area contributed by atoms with E-state index in [2.05, 4.69) is 10.3 Å². The lowest BCUT2D eigenvalue weighted by Crippen LogP contribution is -2.33. The Morgan fingerprint density at radius 2 is 1.78 bits per heavy atom. The Bertz CT molecular complexity index is 1890. The molecule has 0 spiro atoms. The Balaban J connectivity index is 1.31. The van der Waals surface area contributed by atoms with E-state index in [9.17, 15) is 34.1 Å². The number of pyridine rings is 1. The minimum absolute atomic E-state index is 0.183. The van der Waals surface area contributed by atoms with Gasteiger partial charge in [0.25, 0.3) is 5.69 Å². The molecule has 0 aliphatic carbocycles. The number of amides is 3. The van der Waals surface area contributed by atoms with Crippen molar-refractivity contribution in [2.45, 2.75) is 29.7 Å². The van der Waals surface area contributed by atoms with E-state index in [-0.39, 0.29) is 24.5 Å². The Labute approximate surface area is 263 Å². The van der Waals surface area contributed by atoms with Crippen LogP contribution in [-0.4, -0.2) is 50.0 Å². The highest BCUT2D eigenvalue weighted by molar-refractivity contribution is 8.00. The molecule has 15 heteroatoms. The first-order valence-corrected chi connectivity index (χ1v) is 15.4. The Kier molecular flexibility index (Phi) is 8.03. The monoisotopic (exact) mass is 645 g/mol. The van der Waals surface area contributed by atoms with Gasteiger partial charge in [0.05, 0.1) is 33.7 Å². The van der Waals surface area contributed by atoms with Gasteiger partial charge in [0.1, 0.15) is 11.8 Å². The maximum Gasteiger partial charge on any atom is 0.338 e. The van der Waals surface area contributed by atoms with Gasteiger partial charge >= 0.3 is 10.8 Å². The summed E-state index contributed by atoms with van der Waals surface area (Å²) < 4.78 is 6.26. The molecule has 2 aliphatic heterocycles. The molecule has 1 saturated heterocycles. The Hall–Kier alpha value is -5.15. The molecule has 0 bridgehead atoms. The zero-order valence-electron chi connectivity index (χ0n) is 23.4. The second-order valence-electron chi connectivity index (χ2n) is 10.1. The molecule has 13 nitrogen and oxygen atoms in total. The normalized spacial score (nSPS) is 18.7. The average molecular weight is 646 g/mol. The quantitative estimate of drug-likeness (QED) is 0.129. The number of ether oxygens (including phenoxy) is 1. The van der Waals surface area contributed by atoms with Gasteiger partial charge in [0.15, 0.2) is 0 Å². The number of non-ortho nitro benzene ring substituents is 1. The first-order valence-electron chi connectivity index (χ1n) is 13.7. The molecule has 3 amide bonds. The van der Waals surface area contributed by atoms with E-state index in [4.69, 9.17) is 4.74 Å². The maximum atomic E-state index is 13.9. The fourth-order valence-electron chi connectivity index (χ4n) is 5.40. The largest absolute Gasteiger partial charge is 0.462 e. The van der Waals surface area contributed by atoms with Gasteiger partial charge in [0.2, 0.25) is 17.7 Å². The number of benzene rings is 2. The van der Waals surface area contributed by atoms with Gasteiger partial charge in [-0.1, -0.05) is 29.2 Å². The van der Waals surface area contributed by atoms with Crippen LogP contribution in [0.3, 0.4) is 0 Å². The summed E-state index contributed by atoms with van der Waals surface area (Å²) in [5.41, 5.74) is 1.37. The van der Waals surface area contributed by atoms with Crippen LogP contribution < -0.4 is 15.1 Å². The third-order valence-corrected chi connectivity index (χ3v) is 10.00. The van der Waals surface area contributed by atoms with Crippen LogP contribution in [0.5, 0.6) is 0 Å². The van der Waals surface area contributed by atoms with Gasteiger partial charge in [-0.3, -0.25) is 38.8 Å². The number of anilines is 2. The Morgan fingerprint density at radius 3 is 2.42 bits per heavy atom. The van der Waals surface area contributed by atoms with Crippen molar-refractivity contribution < 1.29 is 28.8 Å². The molecule has 4 aromatic rings. The van der Waals surface area contributed by atoms with Crippen LogP contribution in [0.25, 0.3) is 0 Å². The van der Waals surface area contributed by atoms with Crippen molar-refractivity contribution in [2.24, 2.45) is 5.92 Å². The lowest BCUT2D eigenvalue weighted by Gasteiger charge is -2.30. The summed E-state index contributed by atoms with van der Waals surface area (Å²) in [5, 5.41) is 13.3. The van der Waals surface area contributed by atoms with E-state index in [0.29, 0.717) is 26.7 Å². The van der Waals surface area contributed by atoms with Gasteiger partial charge in [-0.25, -0.2) is 9.69 Å². The number of carbonyl (C=O) groups is 4. The Morgan fingerprint density at radius 1 is 1.04 bits per heavy atom. The number of rotatable bonds is 8. The standard InChI is InChI=1S/C30H23N5O8S2/c1-2-43-29(39)16-5-7-18(8-6-16)32-21(36)15-33-28-25(45-30(33)40)22(17-4-3-13-31-14-17)23-24(44-28)27(38)34(26(23)37)19-9-11-20(12-10-19)35(41)42/h3-14,22-24H,2,15H2,1H3,(H,32,36)/t22-,23-,24+/m0/s1. The molecule has 3 atom stereocenters. The fourth-order valence-corrected chi connectivity index (χ4v) is 8.17. The number of thiazole rings is 1. The number of esters is 1. The highest BCUT2D eigenvalue weighted by Crippen LogP contribution is 2.53. The molecule has 6 rings (SSSR count).